The monoisotopic (exact) mass is 240 g/mol. The number of rotatable bonds is 2. The fourth-order valence-corrected chi connectivity index (χ4v) is 4.01. The summed E-state index contributed by atoms with van der Waals surface area (Å²) in [5, 5.41) is 0. The van der Waals surface area contributed by atoms with Gasteiger partial charge in [0.25, 0.3) is 0 Å². The van der Waals surface area contributed by atoms with E-state index in [-0.39, 0.29) is 11.7 Å². The molecule has 2 N–H and O–H groups in total. The predicted molar refractivity (Wildman–Crippen MR) is 62.8 cm³/mol. The minimum Gasteiger partial charge on any atom is -0.326 e. The Hall–Kier alpha value is -0.940. The van der Waals surface area contributed by atoms with Crippen molar-refractivity contribution in [3.8, 4) is 0 Å². The SMILES string of the molecule is NCc1cnccc1C1CCCS(=O)(=O)C1. The standard InChI is InChI=1S/C11H16N2O2S/c12-6-10-7-13-4-3-11(10)9-2-1-5-16(14,15)8-9/h3-4,7,9H,1-2,5-6,8,12H2. The molecule has 88 valence electrons. The Morgan fingerprint density at radius 3 is 3.00 bits per heavy atom. The third-order valence-corrected chi connectivity index (χ3v) is 4.89. The van der Waals surface area contributed by atoms with Gasteiger partial charge in [-0.15, -0.1) is 0 Å². The second-order valence-electron chi connectivity index (χ2n) is 4.23. The summed E-state index contributed by atoms with van der Waals surface area (Å²) in [5.41, 5.74) is 7.65. The highest BCUT2D eigenvalue weighted by Crippen LogP contribution is 2.29. The minimum absolute atomic E-state index is 0.0975. The van der Waals surface area contributed by atoms with Gasteiger partial charge in [-0.2, -0.15) is 0 Å². The molecule has 4 nitrogen and oxygen atoms in total. The number of hydrogen-bond acceptors (Lipinski definition) is 4. The number of nitrogens with two attached hydrogens (primary N) is 1. The van der Waals surface area contributed by atoms with E-state index in [4.69, 9.17) is 5.73 Å². The average Bonchev–Trinajstić information content (AvgIpc) is 2.27. The second kappa shape index (κ2) is 4.51. The molecule has 16 heavy (non-hydrogen) atoms. The van der Waals surface area contributed by atoms with Crippen LogP contribution in [0.4, 0.5) is 0 Å². The summed E-state index contributed by atoms with van der Waals surface area (Å²) in [4.78, 5) is 4.02. The van der Waals surface area contributed by atoms with Gasteiger partial charge in [0, 0.05) is 18.9 Å². The van der Waals surface area contributed by atoms with Crippen LogP contribution >= 0.6 is 0 Å². The predicted octanol–water partition coefficient (Wildman–Crippen LogP) is 0.833. The first-order chi connectivity index (χ1) is 7.62. The lowest BCUT2D eigenvalue weighted by atomic mass is 9.93. The van der Waals surface area contributed by atoms with Gasteiger partial charge >= 0.3 is 0 Å². The van der Waals surface area contributed by atoms with E-state index in [1.807, 2.05) is 6.07 Å². The summed E-state index contributed by atoms with van der Waals surface area (Å²) in [7, 11) is -2.87. The number of pyridine rings is 1. The first-order valence-corrected chi connectivity index (χ1v) is 7.28. The van der Waals surface area contributed by atoms with Crippen LogP contribution in [0.3, 0.4) is 0 Å². The van der Waals surface area contributed by atoms with E-state index in [1.165, 1.54) is 0 Å². The smallest absolute Gasteiger partial charge is 0.150 e. The van der Waals surface area contributed by atoms with Gasteiger partial charge in [0.05, 0.1) is 11.5 Å². The largest absolute Gasteiger partial charge is 0.326 e. The van der Waals surface area contributed by atoms with E-state index in [2.05, 4.69) is 4.98 Å². The molecule has 1 saturated heterocycles. The normalized spacial score (nSPS) is 24.2. The van der Waals surface area contributed by atoms with Gasteiger partial charge < -0.3 is 5.73 Å². The Morgan fingerprint density at radius 1 is 1.50 bits per heavy atom. The van der Waals surface area contributed by atoms with Crippen molar-refractivity contribution in [3.05, 3.63) is 29.6 Å². The van der Waals surface area contributed by atoms with Crippen LogP contribution in [0.25, 0.3) is 0 Å². The van der Waals surface area contributed by atoms with E-state index >= 15 is 0 Å². The van der Waals surface area contributed by atoms with Crippen LogP contribution in [-0.4, -0.2) is 24.9 Å². The highest BCUT2D eigenvalue weighted by molar-refractivity contribution is 7.91. The van der Waals surface area contributed by atoms with Crippen molar-refractivity contribution in [1.29, 1.82) is 0 Å². The number of hydrogen-bond donors (Lipinski definition) is 1. The second-order valence-corrected chi connectivity index (χ2v) is 6.46. The molecule has 1 aromatic heterocycles. The molecule has 0 aromatic carbocycles. The molecule has 1 fully saturated rings. The summed E-state index contributed by atoms with van der Waals surface area (Å²) in [6.45, 7) is 0.416. The number of nitrogens with zero attached hydrogens (tertiary/aromatic N) is 1. The molecule has 2 heterocycles. The number of aromatic nitrogens is 1. The molecule has 0 bridgehead atoms. The lowest BCUT2D eigenvalue weighted by molar-refractivity contribution is 0.552. The molecule has 1 aliphatic rings. The zero-order chi connectivity index (χ0) is 11.6. The third-order valence-electron chi connectivity index (χ3n) is 3.06. The molecule has 1 aromatic rings. The summed E-state index contributed by atoms with van der Waals surface area (Å²) in [6, 6.07) is 1.90. The molecule has 0 saturated carbocycles. The fourth-order valence-electron chi connectivity index (χ4n) is 2.27. The number of sulfone groups is 1. The first-order valence-electron chi connectivity index (χ1n) is 5.45. The van der Waals surface area contributed by atoms with Crippen LogP contribution in [0.5, 0.6) is 0 Å². The van der Waals surface area contributed by atoms with Gasteiger partial charge in [-0.3, -0.25) is 4.98 Å². The molecule has 1 atom stereocenters. The Morgan fingerprint density at radius 2 is 2.31 bits per heavy atom. The molecule has 0 spiro atoms. The van der Waals surface area contributed by atoms with Crippen LogP contribution < -0.4 is 5.73 Å². The zero-order valence-corrected chi connectivity index (χ0v) is 9.91. The van der Waals surface area contributed by atoms with Crippen molar-refractivity contribution in [1.82, 2.24) is 4.98 Å². The van der Waals surface area contributed by atoms with Crippen molar-refractivity contribution in [3.63, 3.8) is 0 Å². The molecule has 2 rings (SSSR count). The summed E-state index contributed by atoms with van der Waals surface area (Å²) in [5.74, 6) is 0.677. The highest BCUT2D eigenvalue weighted by atomic mass is 32.2. The Bertz CT molecular complexity index is 471. The molecular formula is C11H16N2O2S. The van der Waals surface area contributed by atoms with Crippen molar-refractivity contribution in [2.24, 2.45) is 5.73 Å². The molecule has 1 unspecified atom stereocenters. The van der Waals surface area contributed by atoms with Crippen LogP contribution in [0.2, 0.25) is 0 Å². The van der Waals surface area contributed by atoms with Crippen molar-refractivity contribution in [2.75, 3.05) is 11.5 Å². The average molecular weight is 240 g/mol. The molecule has 1 aliphatic heterocycles. The summed E-state index contributed by atoms with van der Waals surface area (Å²) >= 11 is 0. The maximum atomic E-state index is 11.6. The summed E-state index contributed by atoms with van der Waals surface area (Å²) in [6.07, 6.45) is 5.11. The van der Waals surface area contributed by atoms with Gasteiger partial charge in [0.2, 0.25) is 0 Å². The molecule has 5 heteroatoms. The van der Waals surface area contributed by atoms with Crippen LogP contribution in [0.15, 0.2) is 18.5 Å². The van der Waals surface area contributed by atoms with E-state index in [1.54, 1.807) is 12.4 Å². The maximum Gasteiger partial charge on any atom is 0.150 e. The van der Waals surface area contributed by atoms with Crippen LogP contribution in [0, 0.1) is 0 Å². The Labute approximate surface area is 95.8 Å². The summed E-state index contributed by atoms with van der Waals surface area (Å²) < 4.78 is 23.2. The molecule has 0 aliphatic carbocycles. The third kappa shape index (κ3) is 2.41. The lowest BCUT2D eigenvalue weighted by Crippen LogP contribution is -2.24. The minimum atomic E-state index is -2.87. The van der Waals surface area contributed by atoms with Crippen LogP contribution in [0.1, 0.15) is 29.9 Å². The zero-order valence-electron chi connectivity index (χ0n) is 9.09. The lowest BCUT2D eigenvalue weighted by Gasteiger charge is -2.23. The maximum absolute atomic E-state index is 11.6. The van der Waals surface area contributed by atoms with Gasteiger partial charge in [0.15, 0.2) is 9.84 Å². The topological polar surface area (TPSA) is 73.0 Å². The first kappa shape index (κ1) is 11.5. The van der Waals surface area contributed by atoms with E-state index in [0.717, 1.165) is 24.0 Å². The molecule has 0 amide bonds. The van der Waals surface area contributed by atoms with Crippen molar-refractivity contribution >= 4 is 9.84 Å². The van der Waals surface area contributed by atoms with Gasteiger partial charge in [-0.05, 0) is 36.0 Å². The van der Waals surface area contributed by atoms with E-state index in [0.29, 0.717) is 12.3 Å². The van der Waals surface area contributed by atoms with Gasteiger partial charge in [0.1, 0.15) is 0 Å². The van der Waals surface area contributed by atoms with Crippen molar-refractivity contribution in [2.45, 2.75) is 25.3 Å². The molecule has 0 radical (unpaired) electrons. The van der Waals surface area contributed by atoms with Gasteiger partial charge in [-0.1, -0.05) is 0 Å². The Balaban J connectivity index is 2.30. The van der Waals surface area contributed by atoms with E-state index < -0.39 is 9.84 Å². The Kier molecular flexibility index (Phi) is 3.25. The van der Waals surface area contributed by atoms with Crippen molar-refractivity contribution < 1.29 is 8.42 Å². The fraction of sp³-hybridized carbons (Fsp3) is 0.545. The highest BCUT2D eigenvalue weighted by Gasteiger charge is 2.26. The quantitative estimate of drug-likeness (QED) is 0.831. The molecular weight excluding hydrogens is 224 g/mol. The van der Waals surface area contributed by atoms with Crippen LogP contribution in [-0.2, 0) is 16.4 Å². The van der Waals surface area contributed by atoms with Gasteiger partial charge in [-0.25, -0.2) is 8.42 Å². The van der Waals surface area contributed by atoms with E-state index in [9.17, 15) is 8.42 Å².